The number of carbonyl (C=O) groups excluding carboxylic acids is 1. The van der Waals surface area contributed by atoms with Crippen LogP contribution in [0.4, 0.5) is 16.2 Å². The Balaban J connectivity index is 1.32. The molecule has 2 heterocycles. The molecule has 3 N–H and O–H groups in total. The quantitative estimate of drug-likeness (QED) is 0.297. The number of amides is 2. The number of rotatable bonds is 5. The Morgan fingerprint density at radius 3 is 2.46 bits per heavy atom. The third-order valence-corrected chi connectivity index (χ3v) is 5.81. The number of aromatic hydroxyl groups is 1. The number of nitrogens with one attached hydrogen (secondary N) is 2. The van der Waals surface area contributed by atoms with Crippen molar-refractivity contribution in [2.24, 2.45) is 0 Å². The van der Waals surface area contributed by atoms with E-state index in [1.165, 1.54) is 18.4 Å². The monoisotopic (exact) mass is 534 g/mol. The van der Waals surface area contributed by atoms with Crippen molar-refractivity contribution in [2.45, 2.75) is 12.7 Å². The number of urea groups is 1. The summed E-state index contributed by atoms with van der Waals surface area (Å²) in [6.45, 7) is 0. The summed E-state index contributed by atoms with van der Waals surface area (Å²) in [5.74, 6) is -0.602. The van der Waals surface area contributed by atoms with Gasteiger partial charge in [-0.05, 0) is 48.0 Å². The zero-order valence-electron chi connectivity index (χ0n) is 18.2. The molecular formula is C26H19BrN2O6. The van der Waals surface area contributed by atoms with E-state index in [4.69, 9.17) is 13.9 Å². The van der Waals surface area contributed by atoms with Gasteiger partial charge < -0.3 is 29.6 Å². The molecule has 0 fully saturated rings. The van der Waals surface area contributed by atoms with Gasteiger partial charge in [0, 0.05) is 22.3 Å². The molecule has 8 nitrogen and oxygen atoms in total. The van der Waals surface area contributed by atoms with Crippen molar-refractivity contribution in [3.63, 3.8) is 0 Å². The topological polar surface area (TPSA) is 110 Å². The maximum absolute atomic E-state index is 12.9. The van der Waals surface area contributed by atoms with Crippen LogP contribution in [0.2, 0.25) is 0 Å². The van der Waals surface area contributed by atoms with Gasteiger partial charge in [-0.1, -0.05) is 46.3 Å². The van der Waals surface area contributed by atoms with Crippen LogP contribution in [0, 0.1) is 0 Å². The lowest BCUT2D eigenvalue weighted by Gasteiger charge is -2.12. The first-order chi connectivity index (χ1) is 17.0. The van der Waals surface area contributed by atoms with Gasteiger partial charge in [0.05, 0.1) is 5.39 Å². The number of hydrogen-bond acceptors (Lipinski definition) is 6. The highest BCUT2D eigenvalue weighted by atomic mass is 79.9. The fourth-order valence-electron chi connectivity index (χ4n) is 3.60. The minimum absolute atomic E-state index is 0.105. The van der Waals surface area contributed by atoms with E-state index in [0.29, 0.717) is 17.8 Å². The number of hydrogen-bond donors (Lipinski definition) is 3. The van der Waals surface area contributed by atoms with Crippen LogP contribution in [0.1, 0.15) is 11.3 Å². The molecule has 9 heteroatoms. The summed E-state index contributed by atoms with van der Waals surface area (Å²) in [7, 11) is 0. The van der Waals surface area contributed by atoms with E-state index in [0.717, 1.165) is 10.0 Å². The second kappa shape index (κ2) is 9.55. The molecule has 35 heavy (non-hydrogen) atoms. The van der Waals surface area contributed by atoms with Crippen molar-refractivity contribution in [2.75, 3.05) is 10.6 Å². The molecule has 1 unspecified atom stereocenters. The van der Waals surface area contributed by atoms with Crippen molar-refractivity contribution >= 4 is 50.1 Å². The van der Waals surface area contributed by atoms with Crippen molar-refractivity contribution in [3.05, 3.63) is 105 Å². The minimum Gasteiger partial charge on any atom is -0.501 e. The Bertz CT molecular complexity index is 1480. The van der Waals surface area contributed by atoms with Gasteiger partial charge in [0.25, 0.3) is 0 Å². The Hall–Kier alpha value is -4.24. The average Bonchev–Trinajstić information content (AvgIpc) is 3.32. The molecule has 0 aliphatic carbocycles. The maximum atomic E-state index is 12.9. The SMILES string of the molecule is O=C(Nc1ccc(Br)cc1)Nc1ccc2oc(C3=COC(Cc4ccccc4)O3)c(O)c(=O)c2c1. The lowest BCUT2D eigenvalue weighted by Crippen LogP contribution is -2.19. The van der Waals surface area contributed by atoms with E-state index in [1.807, 2.05) is 30.3 Å². The number of fused-ring (bicyclic) bond motifs is 1. The highest BCUT2D eigenvalue weighted by molar-refractivity contribution is 9.10. The predicted molar refractivity (Wildman–Crippen MR) is 135 cm³/mol. The summed E-state index contributed by atoms with van der Waals surface area (Å²) < 4.78 is 17.9. The van der Waals surface area contributed by atoms with Crippen LogP contribution in [-0.2, 0) is 15.9 Å². The molecule has 4 aromatic rings. The Morgan fingerprint density at radius 2 is 1.69 bits per heavy atom. The third-order valence-electron chi connectivity index (χ3n) is 5.28. The van der Waals surface area contributed by atoms with Gasteiger partial charge in [-0.2, -0.15) is 0 Å². The third kappa shape index (κ3) is 4.99. The van der Waals surface area contributed by atoms with Crippen LogP contribution >= 0.6 is 15.9 Å². The molecule has 0 saturated heterocycles. The summed E-state index contributed by atoms with van der Waals surface area (Å²) in [6.07, 6.45) is 1.19. The Kier molecular flexibility index (Phi) is 6.15. The van der Waals surface area contributed by atoms with Crippen LogP contribution in [0.25, 0.3) is 16.7 Å². The van der Waals surface area contributed by atoms with E-state index in [2.05, 4.69) is 26.6 Å². The van der Waals surface area contributed by atoms with Gasteiger partial charge in [-0.25, -0.2) is 4.79 Å². The lowest BCUT2D eigenvalue weighted by molar-refractivity contribution is -0.0145. The summed E-state index contributed by atoms with van der Waals surface area (Å²) in [5.41, 5.74) is 1.53. The van der Waals surface area contributed by atoms with E-state index in [-0.39, 0.29) is 22.5 Å². The normalized spacial score (nSPS) is 14.7. The summed E-state index contributed by atoms with van der Waals surface area (Å²) in [4.78, 5) is 25.2. The largest absolute Gasteiger partial charge is 0.501 e. The van der Waals surface area contributed by atoms with Crippen LogP contribution in [0.3, 0.4) is 0 Å². The molecule has 0 radical (unpaired) electrons. The molecule has 1 aliphatic rings. The maximum Gasteiger partial charge on any atom is 0.323 e. The fraction of sp³-hybridized carbons (Fsp3) is 0.0769. The molecule has 0 bridgehead atoms. The van der Waals surface area contributed by atoms with Crippen LogP contribution in [0.15, 0.2) is 92.7 Å². The van der Waals surface area contributed by atoms with E-state index in [1.54, 1.807) is 30.3 Å². The predicted octanol–water partition coefficient (Wildman–Crippen LogP) is 5.82. The smallest absolute Gasteiger partial charge is 0.323 e. The summed E-state index contributed by atoms with van der Waals surface area (Å²) >= 11 is 3.34. The summed E-state index contributed by atoms with van der Waals surface area (Å²) in [5, 5.41) is 16.0. The number of benzene rings is 3. The first-order valence-corrected chi connectivity index (χ1v) is 11.5. The summed E-state index contributed by atoms with van der Waals surface area (Å²) in [6, 6.07) is 20.8. The molecule has 176 valence electrons. The molecule has 0 saturated carbocycles. The molecule has 1 atom stereocenters. The average molecular weight is 535 g/mol. The number of halogens is 1. The highest BCUT2D eigenvalue weighted by Gasteiger charge is 2.27. The van der Waals surface area contributed by atoms with Crippen LogP contribution in [0.5, 0.6) is 5.75 Å². The number of ether oxygens (including phenoxy) is 2. The van der Waals surface area contributed by atoms with Gasteiger partial charge >= 0.3 is 6.03 Å². The molecule has 2 amide bonds. The van der Waals surface area contributed by atoms with E-state index < -0.39 is 23.5 Å². The zero-order valence-corrected chi connectivity index (χ0v) is 19.7. The Labute approximate surface area is 207 Å². The molecular weight excluding hydrogens is 516 g/mol. The molecule has 0 spiro atoms. The van der Waals surface area contributed by atoms with Crippen molar-refractivity contribution in [3.8, 4) is 5.75 Å². The zero-order chi connectivity index (χ0) is 24.4. The fourth-order valence-corrected chi connectivity index (χ4v) is 3.86. The molecule has 5 rings (SSSR count). The van der Waals surface area contributed by atoms with Crippen LogP contribution < -0.4 is 16.1 Å². The van der Waals surface area contributed by atoms with E-state index in [9.17, 15) is 14.7 Å². The van der Waals surface area contributed by atoms with Gasteiger partial charge in [-0.15, -0.1) is 0 Å². The van der Waals surface area contributed by atoms with Crippen molar-refractivity contribution in [1.82, 2.24) is 0 Å². The second-order valence-corrected chi connectivity index (χ2v) is 8.68. The second-order valence-electron chi connectivity index (χ2n) is 7.76. The molecule has 3 aromatic carbocycles. The first-order valence-electron chi connectivity index (χ1n) is 10.7. The van der Waals surface area contributed by atoms with Crippen LogP contribution in [-0.4, -0.2) is 17.4 Å². The van der Waals surface area contributed by atoms with Crippen molar-refractivity contribution < 1.29 is 23.8 Å². The van der Waals surface area contributed by atoms with Gasteiger partial charge in [-0.3, -0.25) is 4.79 Å². The highest BCUT2D eigenvalue weighted by Crippen LogP contribution is 2.33. The first kappa shape index (κ1) is 22.5. The van der Waals surface area contributed by atoms with Crippen molar-refractivity contribution in [1.29, 1.82) is 0 Å². The van der Waals surface area contributed by atoms with Gasteiger partial charge in [0.2, 0.25) is 29.0 Å². The minimum atomic E-state index is -0.658. The molecule has 1 aromatic heterocycles. The van der Waals surface area contributed by atoms with Gasteiger partial charge in [0.1, 0.15) is 11.8 Å². The van der Waals surface area contributed by atoms with Gasteiger partial charge in [0.15, 0.2) is 0 Å². The number of anilines is 2. The standard InChI is InChI=1S/C26H19BrN2O6/c27-16-6-8-17(9-7-16)28-26(32)29-18-10-11-20-19(13-18)23(30)24(31)25(35-20)21-14-33-22(34-21)12-15-4-2-1-3-5-15/h1-11,13-14,22,31H,12H2,(H2,28,29,32). The van der Waals surface area contributed by atoms with E-state index >= 15 is 0 Å². The Morgan fingerprint density at radius 1 is 0.971 bits per heavy atom. The number of carbonyl (C=O) groups is 1. The lowest BCUT2D eigenvalue weighted by atomic mass is 10.1. The molecule has 1 aliphatic heterocycles.